The Labute approximate surface area is 112 Å². The first kappa shape index (κ1) is 13.7. The van der Waals surface area contributed by atoms with Crippen LogP contribution in [0.4, 0.5) is 0 Å². The number of carbonyl (C=O) groups excluding carboxylic acids is 1. The molecule has 1 saturated heterocycles. The molecule has 1 aliphatic heterocycles. The summed E-state index contributed by atoms with van der Waals surface area (Å²) in [6, 6.07) is 0. The van der Waals surface area contributed by atoms with Crippen LogP contribution in [-0.2, 0) is 22.7 Å². The molecule has 1 fully saturated rings. The number of likely N-dealkylation sites (tertiary alicyclic amines) is 1. The molecule has 19 heavy (non-hydrogen) atoms. The molecule has 0 aliphatic carbocycles. The molecule has 1 unspecified atom stereocenters. The number of imidazole rings is 1. The summed E-state index contributed by atoms with van der Waals surface area (Å²) in [6.07, 6.45) is 4.94. The zero-order valence-corrected chi connectivity index (χ0v) is 11.1. The maximum absolute atomic E-state index is 11.1. The van der Waals surface area contributed by atoms with Crippen LogP contribution in [-0.4, -0.2) is 44.4 Å². The number of aromatic nitrogens is 2. The Kier molecular flexibility index (Phi) is 4.31. The van der Waals surface area contributed by atoms with Crippen molar-refractivity contribution >= 4 is 11.8 Å². The lowest BCUT2D eigenvalue weighted by Gasteiger charge is -2.16. The van der Waals surface area contributed by atoms with E-state index in [0.29, 0.717) is 18.9 Å². The van der Waals surface area contributed by atoms with Crippen molar-refractivity contribution in [1.29, 1.82) is 0 Å². The second-order valence-corrected chi connectivity index (χ2v) is 5.20. The predicted octanol–water partition coefficient (Wildman–Crippen LogP) is 0.769. The second-order valence-electron chi connectivity index (χ2n) is 5.20. The molecule has 6 heteroatoms. The third kappa shape index (κ3) is 3.89. The number of nitrogens with zero attached hydrogens (tertiary/aromatic N) is 3. The van der Waals surface area contributed by atoms with E-state index in [-0.39, 0.29) is 12.3 Å². The van der Waals surface area contributed by atoms with Gasteiger partial charge in [0.2, 0.25) is 0 Å². The van der Waals surface area contributed by atoms with Crippen LogP contribution in [0.5, 0.6) is 0 Å². The number of aliphatic carboxylic acids is 1. The summed E-state index contributed by atoms with van der Waals surface area (Å²) in [5, 5.41) is 8.81. The van der Waals surface area contributed by atoms with E-state index in [1.807, 2.05) is 0 Å². The molecule has 1 N–H and O–H groups in total. The van der Waals surface area contributed by atoms with Gasteiger partial charge in [-0.2, -0.15) is 0 Å². The minimum Gasteiger partial charge on any atom is -0.480 e. The van der Waals surface area contributed by atoms with E-state index < -0.39 is 5.97 Å². The predicted molar refractivity (Wildman–Crippen MR) is 68.5 cm³/mol. The van der Waals surface area contributed by atoms with E-state index in [1.165, 1.54) is 0 Å². The average molecular weight is 265 g/mol. The fourth-order valence-electron chi connectivity index (χ4n) is 2.63. The van der Waals surface area contributed by atoms with Crippen molar-refractivity contribution in [2.45, 2.75) is 32.9 Å². The maximum Gasteiger partial charge on any atom is 0.323 e. The number of carboxylic acid groups (broad SMARTS) is 1. The number of rotatable bonds is 6. The third-order valence-corrected chi connectivity index (χ3v) is 3.44. The lowest BCUT2D eigenvalue weighted by molar-refractivity contribution is -0.137. The van der Waals surface area contributed by atoms with E-state index in [0.717, 1.165) is 25.2 Å². The van der Waals surface area contributed by atoms with Gasteiger partial charge in [0.05, 0.1) is 12.0 Å². The normalized spacial score (nSPS) is 19.7. The smallest absolute Gasteiger partial charge is 0.323 e. The summed E-state index contributed by atoms with van der Waals surface area (Å²) in [7, 11) is 0. The van der Waals surface area contributed by atoms with Gasteiger partial charge in [-0.3, -0.25) is 9.69 Å². The van der Waals surface area contributed by atoms with Crippen LogP contribution in [0.25, 0.3) is 0 Å². The topological polar surface area (TPSA) is 75.4 Å². The first-order valence-corrected chi connectivity index (χ1v) is 6.47. The van der Waals surface area contributed by atoms with Gasteiger partial charge in [-0.05, 0) is 25.8 Å². The monoisotopic (exact) mass is 265 g/mol. The van der Waals surface area contributed by atoms with Crippen molar-refractivity contribution in [3.63, 3.8) is 0 Å². The molecule has 0 saturated carbocycles. The van der Waals surface area contributed by atoms with Crippen molar-refractivity contribution < 1.29 is 14.7 Å². The van der Waals surface area contributed by atoms with Gasteiger partial charge >= 0.3 is 5.97 Å². The Balaban J connectivity index is 1.90. The van der Waals surface area contributed by atoms with E-state index in [1.54, 1.807) is 24.0 Å². The summed E-state index contributed by atoms with van der Waals surface area (Å²) >= 11 is 0. The number of hydrogen-bond acceptors (Lipinski definition) is 4. The highest BCUT2D eigenvalue weighted by molar-refractivity contribution is 5.75. The van der Waals surface area contributed by atoms with Gasteiger partial charge in [-0.15, -0.1) is 0 Å². The first-order chi connectivity index (χ1) is 9.04. The molecule has 0 radical (unpaired) electrons. The van der Waals surface area contributed by atoms with Gasteiger partial charge in [0.15, 0.2) is 0 Å². The van der Waals surface area contributed by atoms with Crippen molar-refractivity contribution in [1.82, 2.24) is 14.5 Å². The van der Waals surface area contributed by atoms with Crippen LogP contribution in [0.1, 0.15) is 25.5 Å². The van der Waals surface area contributed by atoms with Crippen molar-refractivity contribution in [2.75, 3.05) is 13.1 Å². The fraction of sp³-hybridized carbons (Fsp3) is 0.615. The van der Waals surface area contributed by atoms with E-state index in [2.05, 4.69) is 9.88 Å². The Bertz CT molecular complexity index is 469. The Morgan fingerprint density at radius 3 is 3.00 bits per heavy atom. The quantitative estimate of drug-likeness (QED) is 0.822. The Hall–Kier alpha value is -1.69. The molecule has 6 nitrogen and oxygen atoms in total. The summed E-state index contributed by atoms with van der Waals surface area (Å²) < 4.78 is 1.65. The van der Waals surface area contributed by atoms with Crippen LogP contribution in [0.2, 0.25) is 0 Å². The van der Waals surface area contributed by atoms with Gasteiger partial charge < -0.3 is 14.5 Å². The zero-order valence-electron chi connectivity index (χ0n) is 11.1. The summed E-state index contributed by atoms with van der Waals surface area (Å²) in [6.45, 7) is 4.13. The summed E-state index contributed by atoms with van der Waals surface area (Å²) in [5.41, 5.74) is 0.908. The zero-order chi connectivity index (χ0) is 13.8. The number of Topliss-reactive ketones (excluding diaryl/α,β-unsaturated/α-hetero) is 1. The van der Waals surface area contributed by atoms with Gasteiger partial charge in [0.25, 0.3) is 0 Å². The highest BCUT2D eigenvalue weighted by Gasteiger charge is 2.24. The van der Waals surface area contributed by atoms with Gasteiger partial charge in [0, 0.05) is 25.7 Å². The van der Waals surface area contributed by atoms with Crippen LogP contribution in [0, 0.1) is 5.92 Å². The molecule has 0 bridgehead atoms. The van der Waals surface area contributed by atoms with Crippen LogP contribution >= 0.6 is 0 Å². The largest absolute Gasteiger partial charge is 0.480 e. The standard InChI is InChI=1S/C13H19N3O3/c1-10(17)4-11-2-3-15(6-11)7-12-5-14-9-16(12)8-13(18)19/h5,9,11H,2-4,6-8H2,1H3,(H,18,19). The molecule has 1 atom stereocenters. The highest BCUT2D eigenvalue weighted by Crippen LogP contribution is 2.21. The number of carbonyl (C=O) groups is 2. The van der Waals surface area contributed by atoms with E-state index in [9.17, 15) is 9.59 Å². The summed E-state index contributed by atoms with van der Waals surface area (Å²) in [4.78, 5) is 28.1. The highest BCUT2D eigenvalue weighted by atomic mass is 16.4. The Morgan fingerprint density at radius 2 is 2.32 bits per heavy atom. The SMILES string of the molecule is CC(=O)CC1CCN(Cc2cncn2CC(=O)O)C1. The lowest BCUT2D eigenvalue weighted by atomic mass is 10.0. The van der Waals surface area contributed by atoms with E-state index in [4.69, 9.17) is 5.11 Å². The van der Waals surface area contributed by atoms with Crippen molar-refractivity contribution in [3.8, 4) is 0 Å². The van der Waals surface area contributed by atoms with E-state index >= 15 is 0 Å². The average Bonchev–Trinajstić information content (AvgIpc) is 2.89. The van der Waals surface area contributed by atoms with Crippen molar-refractivity contribution in [2.24, 2.45) is 5.92 Å². The number of hydrogen-bond donors (Lipinski definition) is 1. The molecule has 0 amide bonds. The molecular weight excluding hydrogens is 246 g/mol. The van der Waals surface area contributed by atoms with Crippen LogP contribution in [0.3, 0.4) is 0 Å². The molecule has 1 aromatic heterocycles. The van der Waals surface area contributed by atoms with Gasteiger partial charge in [0.1, 0.15) is 12.3 Å². The minimum atomic E-state index is -0.866. The van der Waals surface area contributed by atoms with Crippen LogP contribution in [0.15, 0.2) is 12.5 Å². The maximum atomic E-state index is 11.1. The molecule has 104 valence electrons. The molecule has 1 aliphatic rings. The fourth-order valence-corrected chi connectivity index (χ4v) is 2.63. The van der Waals surface area contributed by atoms with Crippen LogP contribution < -0.4 is 0 Å². The first-order valence-electron chi connectivity index (χ1n) is 6.47. The summed E-state index contributed by atoms with van der Waals surface area (Å²) in [5.74, 6) is -0.189. The number of carboxylic acids is 1. The molecule has 0 spiro atoms. The number of ketones is 1. The Morgan fingerprint density at radius 1 is 1.53 bits per heavy atom. The second kappa shape index (κ2) is 5.97. The van der Waals surface area contributed by atoms with Crippen molar-refractivity contribution in [3.05, 3.63) is 18.2 Å². The minimum absolute atomic E-state index is 0.0555. The lowest BCUT2D eigenvalue weighted by Crippen LogP contribution is -2.23. The molecule has 2 heterocycles. The molecule has 1 aromatic rings. The third-order valence-electron chi connectivity index (χ3n) is 3.44. The molecule has 2 rings (SSSR count). The molecule has 0 aromatic carbocycles. The molecular formula is C13H19N3O3. The van der Waals surface area contributed by atoms with Gasteiger partial charge in [-0.1, -0.05) is 0 Å². The van der Waals surface area contributed by atoms with Gasteiger partial charge in [-0.25, -0.2) is 4.98 Å².